The topological polar surface area (TPSA) is 51.9 Å². The molecule has 0 unspecified atom stereocenters. The first-order valence-corrected chi connectivity index (χ1v) is 9.18. The van der Waals surface area contributed by atoms with Crippen molar-refractivity contribution in [2.75, 3.05) is 13.1 Å². The molecule has 2 heterocycles. The Balaban J connectivity index is 1.58. The first-order valence-electron chi connectivity index (χ1n) is 9.18. The molecule has 1 aromatic heterocycles. The van der Waals surface area contributed by atoms with Gasteiger partial charge in [-0.05, 0) is 49.6 Å². The quantitative estimate of drug-likeness (QED) is 0.803. The number of nitrogens with zero attached hydrogens (tertiary/aromatic N) is 1. The number of benzene rings is 1. The highest BCUT2D eigenvalue weighted by atomic mass is 16.5. The molecule has 5 nitrogen and oxygen atoms in total. The van der Waals surface area contributed by atoms with E-state index in [2.05, 4.69) is 26.0 Å². The van der Waals surface area contributed by atoms with E-state index < -0.39 is 0 Å². The van der Waals surface area contributed by atoms with E-state index in [1.54, 1.807) is 17.0 Å². The number of hydrogen-bond acceptors (Lipinski definition) is 4. The number of hydrogen-bond donors (Lipinski definition) is 0. The van der Waals surface area contributed by atoms with E-state index in [0.717, 1.165) is 5.75 Å². The number of furan rings is 1. The molecule has 1 aliphatic heterocycles. The van der Waals surface area contributed by atoms with Gasteiger partial charge >= 0.3 is 0 Å². The minimum absolute atomic E-state index is 0.0364. The normalized spacial score (nSPS) is 20.4. The SMILES string of the molecule is CC(C)c1ccc(OCc2ccc(C(=O)N3C[C@@H](C)O[C@@H](C)C3)o2)cc1. The summed E-state index contributed by atoms with van der Waals surface area (Å²) >= 11 is 0. The number of carbonyl (C=O) groups excluding carboxylic acids is 1. The van der Waals surface area contributed by atoms with Gasteiger partial charge in [-0.2, -0.15) is 0 Å². The Morgan fingerprint density at radius 1 is 1.12 bits per heavy atom. The van der Waals surface area contributed by atoms with Crippen LogP contribution in [0.2, 0.25) is 0 Å². The molecule has 0 N–H and O–H groups in total. The Labute approximate surface area is 154 Å². The lowest BCUT2D eigenvalue weighted by Gasteiger charge is -2.34. The second-order valence-corrected chi connectivity index (χ2v) is 7.25. The molecule has 26 heavy (non-hydrogen) atoms. The highest BCUT2D eigenvalue weighted by molar-refractivity contribution is 5.91. The lowest BCUT2D eigenvalue weighted by molar-refractivity contribution is -0.0592. The van der Waals surface area contributed by atoms with Crippen LogP contribution in [0.3, 0.4) is 0 Å². The predicted octanol–water partition coefficient (Wildman–Crippen LogP) is 4.23. The van der Waals surface area contributed by atoms with Crippen molar-refractivity contribution in [3.63, 3.8) is 0 Å². The Hall–Kier alpha value is -2.27. The smallest absolute Gasteiger partial charge is 0.289 e. The molecule has 0 saturated carbocycles. The molecule has 1 aliphatic rings. The number of rotatable bonds is 5. The molecule has 0 spiro atoms. The van der Waals surface area contributed by atoms with Gasteiger partial charge in [0, 0.05) is 13.1 Å². The molecule has 1 fully saturated rings. The molecule has 5 heteroatoms. The molecule has 3 rings (SSSR count). The Morgan fingerprint density at radius 3 is 2.38 bits per heavy atom. The maximum Gasteiger partial charge on any atom is 0.289 e. The molecule has 1 saturated heterocycles. The van der Waals surface area contributed by atoms with Crippen LogP contribution in [0.4, 0.5) is 0 Å². The maximum absolute atomic E-state index is 12.6. The summed E-state index contributed by atoms with van der Waals surface area (Å²) in [6, 6.07) is 11.6. The fraction of sp³-hybridized carbons (Fsp3) is 0.476. The van der Waals surface area contributed by atoms with Crippen molar-refractivity contribution < 1.29 is 18.7 Å². The minimum atomic E-state index is -0.0977. The summed E-state index contributed by atoms with van der Waals surface area (Å²) in [5.41, 5.74) is 1.28. The van der Waals surface area contributed by atoms with Gasteiger partial charge in [-0.15, -0.1) is 0 Å². The second kappa shape index (κ2) is 7.96. The molecule has 0 aliphatic carbocycles. The summed E-state index contributed by atoms with van der Waals surface area (Å²) in [5, 5.41) is 0. The first kappa shape index (κ1) is 18.5. The van der Waals surface area contributed by atoms with Crippen molar-refractivity contribution in [1.29, 1.82) is 0 Å². The lowest BCUT2D eigenvalue weighted by atomic mass is 10.0. The van der Waals surface area contributed by atoms with Crippen LogP contribution in [0, 0.1) is 0 Å². The molecule has 2 aromatic rings. The first-order chi connectivity index (χ1) is 12.4. The van der Waals surface area contributed by atoms with E-state index in [4.69, 9.17) is 13.9 Å². The third kappa shape index (κ3) is 4.47. The average Bonchev–Trinajstić information content (AvgIpc) is 3.07. The molecule has 1 amide bonds. The van der Waals surface area contributed by atoms with Gasteiger partial charge < -0.3 is 18.8 Å². The summed E-state index contributed by atoms with van der Waals surface area (Å²) < 4.78 is 17.1. The molecule has 2 atom stereocenters. The largest absolute Gasteiger partial charge is 0.486 e. The van der Waals surface area contributed by atoms with E-state index in [1.807, 2.05) is 26.0 Å². The zero-order valence-electron chi connectivity index (χ0n) is 15.9. The van der Waals surface area contributed by atoms with Crippen LogP contribution < -0.4 is 4.74 Å². The summed E-state index contributed by atoms with van der Waals surface area (Å²) in [5.74, 6) is 2.16. The molecular formula is C21H27NO4. The van der Waals surface area contributed by atoms with Gasteiger partial charge in [0.15, 0.2) is 5.76 Å². The van der Waals surface area contributed by atoms with Crippen molar-refractivity contribution in [1.82, 2.24) is 4.90 Å². The number of amides is 1. The zero-order chi connectivity index (χ0) is 18.7. The third-order valence-electron chi connectivity index (χ3n) is 4.51. The van der Waals surface area contributed by atoms with Gasteiger partial charge in [0.2, 0.25) is 0 Å². The van der Waals surface area contributed by atoms with Gasteiger partial charge in [-0.25, -0.2) is 0 Å². The molecule has 0 bridgehead atoms. The van der Waals surface area contributed by atoms with Gasteiger partial charge in [0.05, 0.1) is 12.2 Å². The lowest BCUT2D eigenvalue weighted by Crippen LogP contribution is -2.48. The van der Waals surface area contributed by atoms with E-state index in [9.17, 15) is 4.79 Å². The standard InChI is InChI=1S/C21H27NO4/c1-14(2)17-5-7-18(8-6-17)24-13-19-9-10-20(26-19)21(23)22-11-15(3)25-16(4)12-22/h5-10,14-16H,11-13H2,1-4H3/t15-,16+. The highest BCUT2D eigenvalue weighted by Crippen LogP contribution is 2.21. The third-order valence-corrected chi connectivity index (χ3v) is 4.51. The van der Waals surface area contributed by atoms with Crippen LogP contribution in [0.1, 0.15) is 55.5 Å². The van der Waals surface area contributed by atoms with E-state index in [0.29, 0.717) is 37.1 Å². The van der Waals surface area contributed by atoms with Gasteiger partial charge in [-0.3, -0.25) is 4.79 Å². The van der Waals surface area contributed by atoms with Crippen molar-refractivity contribution >= 4 is 5.91 Å². The van der Waals surface area contributed by atoms with E-state index >= 15 is 0 Å². The highest BCUT2D eigenvalue weighted by Gasteiger charge is 2.28. The van der Waals surface area contributed by atoms with Gasteiger partial charge in [-0.1, -0.05) is 26.0 Å². The van der Waals surface area contributed by atoms with Crippen molar-refractivity contribution in [2.45, 2.75) is 52.4 Å². The Bertz CT molecular complexity index is 725. The van der Waals surface area contributed by atoms with Crippen LogP contribution in [0.5, 0.6) is 5.75 Å². The summed E-state index contributed by atoms with van der Waals surface area (Å²) in [6.45, 7) is 9.73. The molecule has 140 valence electrons. The summed E-state index contributed by atoms with van der Waals surface area (Å²) in [6.07, 6.45) is 0.0727. The number of ether oxygens (including phenoxy) is 2. The summed E-state index contributed by atoms with van der Waals surface area (Å²) in [7, 11) is 0. The van der Waals surface area contributed by atoms with Crippen LogP contribution >= 0.6 is 0 Å². The number of carbonyl (C=O) groups is 1. The predicted molar refractivity (Wildman–Crippen MR) is 99.5 cm³/mol. The molecular weight excluding hydrogens is 330 g/mol. The Morgan fingerprint density at radius 2 is 1.77 bits per heavy atom. The maximum atomic E-state index is 12.6. The van der Waals surface area contributed by atoms with Gasteiger partial charge in [0.25, 0.3) is 5.91 Å². The summed E-state index contributed by atoms with van der Waals surface area (Å²) in [4.78, 5) is 14.4. The van der Waals surface area contributed by atoms with Crippen molar-refractivity contribution in [3.05, 3.63) is 53.5 Å². The fourth-order valence-electron chi connectivity index (χ4n) is 3.17. The minimum Gasteiger partial charge on any atom is -0.486 e. The molecule has 0 radical (unpaired) electrons. The van der Waals surface area contributed by atoms with E-state index in [-0.39, 0.29) is 18.1 Å². The van der Waals surface area contributed by atoms with Crippen LogP contribution in [-0.4, -0.2) is 36.1 Å². The average molecular weight is 357 g/mol. The second-order valence-electron chi connectivity index (χ2n) is 7.25. The monoisotopic (exact) mass is 357 g/mol. The van der Waals surface area contributed by atoms with Crippen LogP contribution in [-0.2, 0) is 11.3 Å². The fourth-order valence-corrected chi connectivity index (χ4v) is 3.17. The van der Waals surface area contributed by atoms with Crippen LogP contribution in [0.15, 0.2) is 40.8 Å². The van der Waals surface area contributed by atoms with E-state index in [1.165, 1.54) is 5.56 Å². The zero-order valence-corrected chi connectivity index (χ0v) is 15.9. The number of morpholine rings is 1. The van der Waals surface area contributed by atoms with Crippen molar-refractivity contribution in [2.24, 2.45) is 0 Å². The Kier molecular flexibility index (Phi) is 5.67. The van der Waals surface area contributed by atoms with Gasteiger partial charge in [0.1, 0.15) is 18.1 Å². The van der Waals surface area contributed by atoms with Crippen LogP contribution in [0.25, 0.3) is 0 Å². The molecule has 1 aromatic carbocycles. The van der Waals surface area contributed by atoms with Crippen molar-refractivity contribution in [3.8, 4) is 5.75 Å².